The first-order valence-corrected chi connectivity index (χ1v) is 12.2. The fraction of sp³-hybridized carbons (Fsp3) is 0.538. The van der Waals surface area contributed by atoms with E-state index in [1.165, 1.54) is 6.42 Å². The summed E-state index contributed by atoms with van der Waals surface area (Å²) in [5.41, 5.74) is 2.14. The van der Waals surface area contributed by atoms with Gasteiger partial charge in [0, 0.05) is 42.0 Å². The number of aromatic nitrogens is 1. The molecule has 174 valence electrons. The lowest BCUT2D eigenvalue weighted by molar-refractivity contribution is -0.144. The van der Waals surface area contributed by atoms with Gasteiger partial charge < -0.3 is 14.4 Å². The molecule has 32 heavy (non-hydrogen) atoms. The van der Waals surface area contributed by atoms with Crippen molar-refractivity contribution in [2.24, 2.45) is 0 Å². The van der Waals surface area contributed by atoms with Crippen molar-refractivity contribution in [3.05, 3.63) is 58.9 Å². The van der Waals surface area contributed by atoms with Gasteiger partial charge in [0.25, 0.3) is 0 Å². The van der Waals surface area contributed by atoms with Crippen molar-refractivity contribution in [1.82, 2.24) is 14.4 Å². The summed E-state index contributed by atoms with van der Waals surface area (Å²) in [5, 5.41) is 0.748. The highest BCUT2D eigenvalue weighted by atomic mass is 35.5. The molecule has 0 saturated heterocycles. The molecule has 0 atom stereocenters. The molecule has 1 aromatic carbocycles. The van der Waals surface area contributed by atoms with Crippen LogP contribution in [0.3, 0.4) is 0 Å². The van der Waals surface area contributed by atoms with Crippen molar-refractivity contribution in [1.29, 1.82) is 0 Å². The van der Waals surface area contributed by atoms with E-state index >= 15 is 0 Å². The molecule has 6 heteroatoms. The summed E-state index contributed by atoms with van der Waals surface area (Å²) in [4.78, 5) is 29.7. The first kappa shape index (κ1) is 24.4. The lowest BCUT2D eigenvalue weighted by atomic mass is 9.94. The summed E-state index contributed by atoms with van der Waals surface area (Å²) in [6, 6.07) is 12.2. The van der Waals surface area contributed by atoms with Gasteiger partial charge in [0.1, 0.15) is 0 Å². The van der Waals surface area contributed by atoms with Crippen molar-refractivity contribution in [3.63, 3.8) is 0 Å². The first-order valence-electron chi connectivity index (χ1n) is 11.9. The minimum atomic E-state index is 0.00342. The normalized spacial score (nSPS) is 14.5. The summed E-state index contributed by atoms with van der Waals surface area (Å²) >= 11 is 6.39. The Balaban J connectivity index is 1.81. The van der Waals surface area contributed by atoms with Crippen molar-refractivity contribution < 1.29 is 9.59 Å². The standard InChI is InChI=1S/C26H36ClN3O2/c1-4-25(31)29(20(2)3)19-26(32)30(22-12-6-5-7-13-22)18-23-14-10-16-28(23)17-21-11-8-9-15-24(21)27/h8-11,14-16,20,22H,4-7,12-13,17-19H2,1-3H3. The maximum absolute atomic E-state index is 13.5. The quantitative estimate of drug-likeness (QED) is 0.499. The van der Waals surface area contributed by atoms with Gasteiger partial charge in [-0.1, -0.05) is 56.0 Å². The Bertz CT molecular complexity index is 902. The van der Waals surface area contributed by atoms with Crippen LogP contribution < -0.4 is 0 Å². The van der Waals surface area contributed by atoms with E-state index in [0.717, 1.165) is 42.0 Å². The highest BCUT2D eigenvalue weighted by Gasteiger charge is 2.29. The summed E-state index contributed by atoms with van der Waals surface area (Å²) in [7, 11) is 0. The van der Waals surface area contributed by atoms with Crippen molar-refractivity contribution in [2.45, 2.75) is 84.5 Å². The van der Waals surface area contributed by atoms with Gasteiger partial charge in [-0.25, -0.2) is 0 Å². The topological polar surface area (TPSA) is 45.6 Å². The minimum absolute atomic E-state index is 0.00342. The molecule has 1 aliphatic carbocycles. The molecule has 1 aromatic heterocycles. The van der Waals surface area contributed by atoms with E-state index in [-0.39, 0.29) is 30.4 Å². The number of benzene rings is 1. The van der Waals surface area contributed by atoms with Crippen LogP contribution in [0.2, 0.25) is 5.02 Å². The van der Waals surface area contributed by atoms with Crippen molar-refractivity contribution in [3.8, 4) is 0 Å². The van der Waals surface area contributed by atoms with Crippen LogP contribution in [0, 0.1) is 0 Å². The van der Waals surface area contributed by atoms with E-state index in [1.54, 1.807) is 4.90 Å². The molecule has 1 saturated carbocycles. The molecule has 0 unspecified atom stereocenters. The molecule has 0 N–H and O–H groups in total. The van der Waals surface area contributed by atoms with Crippen LogP contribution in [0.25, 0.3) is 0 Å². The van der Waals surface area contributed by atoms with Gasteiger partial charge in [-0.05, 0) is 50.5 Å². The Kier molecular flexibility index (Phi) is 8.80. The van der Waals surface area contributed by atoms with Crippen LogP contribution in [0.4, 0.5) is 0 Å². The summed E-state index contributed by atoms with van der Waals surface area (Å²) in [6.07, 6.45) is 8.04. The van der Waals surface area contributed by atoms with E-state index in [9.17, 15) is 9.59 Å². The van der Waals surface area contributed by atoms with Gasteiger partial charge in [0.2, 0.25) is 11.8 Å². The summed E-state index contributed by atoms with van der Waals surface area (Å²) in [5.74, 6) is 0.0666. The molecule has 1 aliphatic rings. The largest absolute Gasteiger partial charge is 0.345 e. The lowest BCUT2D eigenvalue weighted by Gasteiger charge is -2.37. The molecular weight excluding hydrogens is 422 g/mol. The monoisotopic (exact) mass is 457 g/mol. The Morgan fingerprint density at radius 2 is 1.78 bits per heavy atom. The second kappa shape index (κ2) is 11.6. The third-order valence-electron chi connectivity index (χ3n) is 6.44. The van der Waals surface area contributed by atoms with Crippen LogP contribution >= 0.6 is 11.6 Å². The average molecular weight is 458 g/mol. The van der Waals surface area contributed by atoms with E-state index in [1.807, 2.05) is 62.2 Å². The van der Waals surface area contributed by atoms with E-state index in [4.69, 9.17) is 11.6 Å². The molecule has 1 fully saturated rings. The van der Waals surface area contributed by atoms with E-state index in [2.05, 4.69) is 10.6 Å². The number of halogens is 1. The Morgan fingerprint density at radius 1 is 1.06 bits per heavy atom. The molecule has 0 bridgehead atoms. The SMILES string of the molecule is CCC(=O)N(CC(=O)N(Cc1cccn1Cc1ccccc1Cl)C1CCCCC1)C(C)C. The van der Waals surface area contributed by atoms with Gasteiger partial charge in [-0.15, -0.1) is 0 Å². The highest BCUT2D eigenvalue weighted by Crippen LogP contribution is 2.25. The molecule has 2 amide bonds. The summed E-state index contributed by atoms with van der Waals surface area (Å²) in [6.45, 7) is 7.16. The van der Waals surface area contributed by atoms with Gasteiger partial charge in [0.15, 0.2) is 0 Å². The Labute approximate surface area is 197 Å². The van der Waals surface area contributed by atoms with Crippen molar-refractivity contribution >= 4 is 23.4 Å². The van der Waals surface area contributed by atoms with Crippen molar-refractivity contribution in [2.75, 3.05) is 6.54 Å². The molecular formula is C26H36ClN3O2. The number of nitrogens with zero attached hydrogens (tertiary/aromatic N) is 3. The molecule has 0 radical (unpaired) electrons. The van der Waals surface area contributed by atoms with Gasteiger partial charge in [-0.3, -0.25) is 9.59 Å². The lowest BCUT2D eigenvalue weighted by Crippen LogP contribution is -2.49. The summed E-state index contributed by atoms with van der Waals surface area (Å²) < 4.78 is 2.17. The van der Waals surface area contributed by atoms with Gasteiger partial charge >= 0.3 is 0 Å². The predicted octanol–water partition coefficient (Wildman–Crippen LogP) is 5.50. The van der Waals surface area contributed by atoms with Crippen LogP contribution in [-0.4, -0.2) is 44.8 Å². The molecule has 0 spiro atoms. The van der Waals surface area contributed by atoms with E-state index in [0.29, 0.717) is 19.5 Å². The molecule has 0 aliphatic heterocycles. The van der Waals surface area contributed by atoms with Crippen LogP contribution in [0.1, 0.15) is 70.6 Å². The van der Waals surface area contributed by atoms with Crippen LogP contribution in [0.5, 0.6) is 0 Å². The fourth-order valence-corrected chi connectivity index (χ4v) is 4.74. The second-order valence-corrected chi connectivity index (χ2v) is 9.41. The first-order chi connectivity index (χ1) is 15.4. The molecule has 2 aromatic rings. The van der Waals surface area contributed by atoms with Crippen LogP contribution in [-0.2, 0) is 22.7 Å². The molecule has 5 nitrogen and oxygen atoms in total. The zero-order valence-corrected chi connectivity index (χ0v) is 20.4. The number of carbonyl (C=O) groups is 2. The van der Waals surface area contributed by atoms with Gasteiger partial charge in [-0.2, -0.15) is 0 Å². The minimum Gasteiger partial charge on any atom is -0.345 e. The number of amides is 2. The number of rotatable bonds is 9. The Morgan fingerprint density at radius 3 is 2.44 bits per heavy atom. The maximum Gasteiger partial charge on any atom is 0.242 e. The number of hydrogen-bond acceptors (Lipinski definition) is 2. The van der Waals surface area contributed by atoms with Gasteiger partial charge in [0.05, 0.1) is 13.1 Å². The Hall–Kier alpha value is -2.27. The third-order valence-corrected chi connectivity index (χ3v) is 6.81. The number of carbonyl (C=O) groups excluding carboxylic acids is 2. The van der Waals surface area contributed by atoms with E-state index < -0.39 is 0 Å². The average Bonchev–Trinajstić information content (AvgIpc) is 3.23. The molecule has 3 rings (SSSR count). The maximum atomic E-state index is 13.5. The third kappa shape index (κ3) is 6.16. The zero-order chi connectivity index (χ0) is 23.1. The van der Waals surface area contributed by atoms with Crippen LogP contribution in [0.15, 0.2) is 42.6 Å². The number of hydrogen-bond donors (Lipinski definition) is 0. The highest BCUT2D eigenvalue weighted by molar-refractivity contribution is 6.31. The zero-order valence-electron chi connectivity index (χ0n) is 19.6. The predicted molar refractivity (Wildman–Crippen MR) is 130 cm³/mol. The second-order valence-electron chi connectivity index (χ2n) is 9.00. The smallest absolute Gasteiger partial charge is 0.242 e. The molecule has 1 heterocycles. The fourth-order valence-electron chi connectivity index (χ4n) is 4.54.